The third-order valence-corrected chi connectivity index (χ3v) is 4.93. The third-order valence-electron chi connectivity index (χ3n) is 3.38. The molecule has 2 aromatic rings. The van der Waals surface area contributed by atoms with Gasteiger partial charge in [-0.1, -0.05) is 29.8 Å². The van der Waals surface area contributed by atoms with Gasteiger partial charge in [-0.3, -0.25) is 0 Å². The molecule has 1 atom stereocenters. The van der Waals surface area contributed by atoms with Gasteiger partial charge in [-0.15, -0.1) is 0 Å². The molecule has 1 N–H and O–H groups in total. The normalized spacial score (nSPS) is 13.8. The summed E-state index contributed by atoms with van der Waals surface area (Å²) in [6, 6.07) is 10.0. The zero-order valence-electron chi connectivity index (χ0n) is 12.6. The molecule has 1 unspecified atom stereocenters. The molecule has 3 nitrogen and oxygen atoms in total. The van der Waals surface area contributed by atoms with Crippen LogP contribution in [0.4, 0.5) is 13.2 Å². The molecule has 0 aliphatic carbocycles. The first-order chi connectivity index (χ1) is 10.6. The Bertz CT molecular complexity index is 784. The van der Waals surface area contributed by atoms with Crippen LogP contribution in [0.5, 0.6) is 0 Å². The molecular weight excluding hydrogens is 327 g/mol. The van der Waals surface area contributed by atoms with Crippen molar-refractivity contribution in [3.8, 4) is 0 Å². The molecule has 0 saturated heterocycles. The van der Waals surface area contributed by atoms with Gasteiger partial charge < -0.3 is 0 Å². The van der Waals surface area contributed by atoms with Crippen LogP contribution < -0.4 is 4.72 Å². The fourth-order valence-electron chi connectivity index (χ4n) is 2.07. The monoisotopic (exact) mass is 343 g/mol. The lowest BCUT2D eigenvalue weighted by Crippen LogP contribution is -2.27. The van der Waals surface area contributed by atoms with Crippen LogP contribution in [0.2, 0.25) is 0 Å². The fourth-order valence-corrected chi connectivity index (χ4v) is 3.30. The molecule has 23 heavy (non-hydrogen) atoms. The van der Waals surface area contributed by atoms with E-state index in [0.717, 1.165) is 17.7 Å². The molecule has 0 radical (unpaired) electrons. The molecule has 0 spiro atoms. The third kappa shape index (κ3) is 4.33. The Labute approximate surface area is 133 Å². The predicted molar refractivity (Wildman–Crippen MR) is 81.4 cm³/mol. The van der Waals surface area contributed by atoms with E-state index in [9.17, 15) is 21.6 Å². The first-order valence-corrected chi connectivity index (χ1v) is 8.34. The predicted octanol–water partition coefficient (Wildman–Crippen LogP) is 4.05. The van der Waals surface area contributed by atoms with Crippen LogP contribution >= 0.6 is 0 Å². The summed E-state index contributed by atoms with van der Waals surface area (Å²) in [6.07, 6.45) is -4.47. The SMILES string of the molecule is Cc1ccc(S(=O)(=O)NC(C)c2cccc(C(F)(F)F)c2)cc1. The first-order valence-electron chi connectivity index (χ1n) is 6.86. The van der Waals surface area contributed by atoms with Crippen LogP contribution in [0.3, 0.4) is 0 Å². The topological polar surface area (TPSA) is 46.2 Å². The fraction of sp³-hybridized carbons (Fsp3) is 0.250. The smallest absolute Gasteiger partial charge is 0.207 e. The van der Waals surface area contributed by atoms with Gasteiger partial charge in [-0.2, -0.15) is 13.2 Å². The van der Waals surface area contributed by atoms with Gasteiger partial charge in [0.25, 0.3) is 0 Å². The highest BCUT2D eigenvalue weighted by molar-refractivity contribution is 7.89. The van der Waals surface area contributed by atoms with Crippen LogP contribution in [-0.4, -0.2) is 8.42 Å². The first kappa shape index (κ1) is 17.5. The van der Waals surface area contributed by atoms with Crippen molar-refractivity contribution in [2.24, 2.45) is 0 Å². The summed E-state index contributed by atoms with van der Waals surface area (Å²) in [5.41, 5.74) is 0.349. The lowest BCUT2D eigenvalue weighted by atomic mass is 10.1. The van der Waals surface area contributed by atoms with E-state index in [1.165, 1.54) is 31.2 Å². The highest BCUT2D eigenvalue weighted by Gasteiger charge is 2.31. The van der Waals surface area contributed by atoms with Gasteiger partial charge >= 0.3 is 6.18 Å². The molecule has 124 valence electrons. The number of rotatable bonds is 4. The van der Waals surface area contributed by atoms with E-state index < -0.39 is 27.8 Å². The second kappa shape index (κ2) is 6.33. The maximum atomic E-state index is 12.7. The van der Waals surface area contributed by atoms with Crippen LogP contribution in [0.25, 0.3) is 0 Å². The molecule has 0 aliphatic rings. The van der Waals surface area contributed by atoms with Gasteiger partial charge in [0, 0.05) is 6.04 Å². The van der Waals surface area contributed by atoms with Gasteiger partial charge in [0.05, 0.1) is 10.5 Å². The highest BCUT2D eigenvalue weighted by atomic mass is 32.2. The summed E-state index contributed by atoms with van der Waals surface area (Å²) in [6.45, 7) is 3.33. The standard InChI is InChI=1S/C16H16F3NO2S/c1-11-6-8-15(9-7-11)23(21,22)20-12(2)13-4-3-5-14(10-13)16(17,18)19/h3-10,12,20H,1-2H3. The zero-order valence-corrected chi connectivity index (χ0v) is 13.4. The second-order valence-electron chi connectivity index (χ2n) is 5.28. The van der Waals surface area contributed by atoms with Gasteiger partial charge in [0.15, 0.2) is 0 Å². The van der Waals surface area contributed by atoms with Crippen LogP contribution in [0.1, 0.15) is 29.7 Å². The van der Waals surface area contributed by atoms with Crippen molar-refractivity contribution in [2.45, 2.75) is 31.0 Å². The quantitative estimate of drug-likeness (QED) is 0.910. The minimum absolute atomic E-state index is 0.0712. The molecule has 0 aromatic heterocycles. The number of alkyl halides is 3. The van der Waals surface area contributed by atoms with Gasteiger partial charge in [-0.05, 0) is 43.7 Å². The van der Waals surface area contributed by atoms with E-state index in [0.29, 0.717) is 0 Å². The molecule has 0 saturated carbocycles. The Morgan fingerprint density at radius 3 is 2.22 bits per heavy atom. The summed E-state index contributed by atoms with van der Waals surface area (Å²) in [7, 11) is -3.80. The van der Waals surface area contributed by atoms with Crippen LogP contribution in [0, 0.1) is 6.92 Å². The molecule has 0 amide bonds. The number of sulfonamides is 1. The number of nitrogens with one attached hydrogen (secondary N) is 1. The minimum atomic E-state index is -4.47. The molecule has 0 aliphatic heterocycles. The summed E-state index contributed by atoms with van der Waals surface area (Å²) in [5.74, 6) is 0. The van der Waals surface area contributed by atoms with Gasteiger partial charge in [-0.25, -0.2) is 13.1 Å². The molecule has 2 rings (SSSR count). The van der Waals surface area contributed by atoms with E-state index in [2.05, 4.69) is 4.72 Å². The van der Waals surface area contributed by atoms with Crippen LogP contribution in [-0.2, 0) is 16.2 Å². The van der Waals surface area contributed by atoms with Crippen molar-refractivity contribution in [1.82, 2.24) is 4.72 Å². The summed E-state index contributed by atoms with van der Waals surface area (Å²) >= 11 is 0. The Kier molecular flexibility index (Phi) is 4.81. The van der Waals surface area contributed by atoms with E-state index >= 15 is 0 Å². The largest absolute Gasteiger partial charge is 0.416 e. The number of halogens is 3. The van der Waals surface area contributed by atoms with E-state index in [-0.39, 0.29) is 10.5 Å². The summed E-state index contributed by atoms with van der Waals surface area (Å²) < 4.78 is 65.1. The average Bonchev–Trinajstić information content (AvgIpc) is 2.46. The highest BCUT2D eigenvalue weighted by Crippen LogP contribution is 2.31. The van der Waals surface area contributed by atoms with Crippen molar-refractivity contribution in [1.29, 1.82) is 0 Å². The lowest BCUT2D eigenvalue weighted by Gasteiger charge is -2.16. The summed E-state index contributed by atoms with van der Waals surface area (Å²) in [5, 5.41) is 0. The maximum absolute atomic E-state index is 12.7. The maximum Gasteiger partial charge on any atom is 0.416 e. The van der Waals surface area contributed by atoms with Crippen molar-refractivity contribution in [3.63, 3.8) is 0 Å². The van der Waals surface area contributed by atoms with Gasteiger partial charge in [0.1, 0.15) is 0 Å². The Balaban J connectivity index is 2.24. The Morgan fingerprint density at radius 2 is 1.65 bits per heavy atom. The minimum Gasteiger partial charge on any atom is -0.207 e. The molecule has 0 bridgehead atoms. The number of hydrogen-bond acceptors (Lipinski definition) is 2. The van der Waals surface area contributed by atoms with Gasteiger partial charge in [0.2, 0.25) is 10.0 Å². The van der Waals surface area contributed by atoms with Crippen molar-refractivity contribution in [3.05, 3.63) is 65.2 Å². The number of hydrogen-bond donors (Lipinski definition) is 1. The van der Waals surface area contributed by atoms with E-state index in [1.807, 2.05) is 6.92 Å². The number of aryl methyl sites for hydroxylation is 1. The Morgan fingerprint density at radius 1 is 1.04 bits per heavy atom. The van der Waals surface area contributed by atoms with Crippen molar-refractivity contribution < 1.29 is 21.6 Å². The second-order valence-corrected chi connectivity index (χ2v) is 6.99. The molecule has 2 aromatic carbocycles. The van der Waals surface area contributed by atoms with E-state index in [4.69, 9.17) is 0 Å². The van der Waals surface area contributed by atoms with Crippen molar-refractivity contribution >= 4 is 10.0 Å². The Hall–Kier alpha value is -1.86. The molecule has 7 heteroatoms. The average molecular weight is 343 g/mol. The van der Waals surface area contributed by atoms with Crippen LogP contribution in [0.15, 0.2) is 53.4 Å². The van der Waals surface area contributed by atoms with E-state index in [1.54, 1.807) is 12.1 Å². The zero-order chi connectivity index (χ0) is 17.3. The van der Waals surface area contributed by atoms with Crippen molar-refractivity contribution in [2.75, 3.05) is 0 Å². The summed E-state index contributed by atoms with van der Waals surface area (Å²) in [4.78, 5) is 0.0712. The number of benzene rings is 2. The molecular formula is C16H16F3NO2S. The molecule has 0 heterocycles. The lowest BCUT2D eigenvalue weighted by molar-refractivity contribution is -0.137. The molecule has 0 fully saturated rings.